The van der Waals surface area contributed by atoms with E-state index < -0.39 is 0 Å². The lowest BCUT2D eigenvalue weighted by Gasteiger charge is -2.06. The third-order valence-corrected chi connectivity index (χ3v) is 4.92. The number of anilines is 1. The minimum atomic E-state index is 0.996. The molecule has 21 heavy (non-hydrogen) atoms. The number of benzene rings is 1. The molecule has 4 rings (SSSR count). The molecule has 4 heteroatoms. The molecule has 0 unspecified atom stereocenters. The molecule has 3 heterocycles. The summed E-state index contributed by atoms with van der Waals surface area (Å²) in [4.78, 5) is 1.26. The van der Waals surface area contributed by atoms with Crippen LogP contribution in [0.5, 0.6) is 0 Å². The maximum atomic E-state index is 4.89. The zero-order valence-corrected chi connectivity index (χ0v) is 13.0. The van der Waals surface area contributed by atoms with Crippen molar-refractivity contribution in [3.05, 3.63) is 52.4 Å². The summed E-state index contributed by atoms with van der Waals surface area (Å²) in [7, 11) is 0. The number of rotatable bonds is 2. The Morgan fingerprint density at radius 1 is 1.19 bits per heavy atom. The van der Waals surface area contributed by atoms with Crippen molar-refractivity contribution in [1.82, 2.24) is 9.78 Å². The van der Waals surface area contributed by atoms with E-state index in [1.54, 1.807) is 11.3 Å². The molecule has 0 bridgehead atoms. The zero-order valence-electron chi connectivity index (χ0n) is 12.2. The fourth-order valence-electron chi connectivity index (χ4n) is 2.87. The normalized spacial score (nSPS) is 13.2. The van der Waals surface area contributed by atoms with Crippen LogP contribution in [0.2, 0.25) is 0 Å². The monoisotopic (exact) mass is 295 g/mol. The van der Waals surface area contributed by atoms with Crippen LogP contribution in [0.4, 0.5) is 5.82 Å². The molecule has 106 valence electrons. The molecule has 0 fully saturated rings. The molecule has 0 saturated heterocycles. The number of nitrogens with zero attached hydrogens (tertiary/aromatic N) is 2. The summed E-state index contributed by atoms with van der Waals surface area (Å²) in [5.41, 5.74) is 6.16. The first-order valence-corrected chi connectivity index (χ1v) is 8.08. The number of aromatic nitrogens is 2. The van der Waals surface area contributed by atoms with Gasteiger partial charge < -0.3 is 5.32 Å². The van der Waals surface area contributed by atoms with E-state index in [9.17, 15) is 0 Å². The minimum Gasteiger partial charge on any atom is -0.369 e. The third-order valence-electron chi connectivity index (χ3n) is 3.86. The van der Waals surface area contributed by atoms with Gasteiger partial charge in [0.1, 0.15) is 11.5 Å². The highest BCUT2D eigenvalue weighted by Gasteiger charge is 2.24. The number of fused-ring (bicyclic) bond motifs is 1. The fraction of sp³-hybridized carbons (Fsp3) is 0.235. The Labute approximate surface area is 128 Å². The number of aryl methyl sites for hydroxylation is 2. The second kappa shape index (κ2) is 4.74. The van der Waals surface area contributed by atoms with Gasteiger partial charge in [-0.15, -0.1) is 11.3 Å². The lowest BCUT2D eigenvalue weighted by molar-refractivity contribution is 0.882. The van der Waals surface area contributed by atoms with Gasteiger partial charge in [-0.3, -0.25) is 0 Å². The van der Waals surface area contributed by atoms with Crippen LogP contribution in [0.25, 0.3) is 16.3 Å². The Morgan fingerprint density at radius 3 is 2.86 bits per heavy atom. The Bertz CT molecular complexity index is 813. The predicted molar refractivity (Wildman–Crippen MR) is 88.5 cm³/mol. The Balaban J connectivity index is 1.90. The zero-order chi connectivity index (χ0) is 14.4. The number of nitrogens with one attached hydrogen (secondary N) is 1. The van der Waals surface area contributed by atoms with Gasteiger partial charge in [0.05, 0.1) is 10.6 Å². The molecule has 0 aliphatic carbocycles. The molecule has 1 N–H and O–H groups in total. The van der Waals surface area contributed by atoms with Crippen molar-refractivity contribution < 1.29 is 0 Å². The number of thiophene rings is 1. The summed E-state index contributed by atoms with van der Waals surface area (Å²) < 4.78 is 2.06. The highest BCUT2D eigenvalue weighted by atomic mass is 32.1. The van der Waals surface area contributed by atoms with Crippen LogP contribution in [-0.4, -0.2) is 16.3 Å². The van der Waals surface area contributed by atoms with Crippen molar-refractivity contribution in [3.63, 3.8) is 0 Å². The van der Waals surface area contributed by atoms with Gasteiger partial charge in [-0.25, -0.2) is 4.68 Å². The van der Waals surface area contributed by atoms with Crippen LogP contribution in [0.3, 0.4) is 0 Å². The van der Waals surface area contributed by atoms with Gasteiger partial charge in [0.15, 0.2) is 0 Å². The molecule has 1 aromatic carbocycles. The SMILES string of the molecule is Cc1cccc(-n2nc(-c3cc(C)cs3)c3c2NCC3)c1. The van der Waals surface area contributed by atoms with Gasteiger partial charge in [-0.2, -0.15) is 5.10 Å². The molecule has 3 aromatic rings. The Hall–Kier alpha value is -2.07. The van der Waals surface area contributed by atoms with E-state index in [2.05, 4.69) is 59.6 Å². The van der Waals surface area contributed by atoms with Crippen LogP contribution in [0.1, 0.15) is 16.7 Å². The quantitative estimate of drug-likeness (QED) is 0.768. The van der Waals surface area contributed by atoms with Crippen LogP contribution in [0, 0.1) is 13.8 Å². The molecule has 2 aromatic heterocycles. The average Bonchev–Trinajstić information content (AvgIpc) is 3.14. The summed E-state index contributed by atoms with van der Waals surface area (Å²) in [5, 5.41) is 10.6. The highest BCUT2D eigenvalue weighted by Crippen LogP contribution is 2.37. The van der Waals surface area contributed by atoms with E-state index in [0.29, 0.717) is 0 Å². The topological polar surface area (TPSA) is 29.9 Å². The average molecular weight is 295 g/mol. The van der Waals surface area contributed by atoms with Crippen LogP contribution >= 0.6 is 11.3 Å². The van der Waals surface area contributed by atoms with Gasteiger partial charge >= 0.3 is 0 Å². The molecular weight excluding hydrogens is 278 g/mol. The van der Waals surface area contributed by atoms with Crippen molar-refractivity contribution in [1.29, 1.82) is 0 Å². The maximum Gasteiger partial charge on any atom is 0.133 e. The first-order valence-electron chi connectivity index (χ1n) is 7.21. The summed E-state index contributed by atoms with van der Waals surface area (Å²) in [5.74, 6) is 1.15. The van der Waals surface area contributed by atoms with Crippen LogP contribution in [-0.2, 0) is 6.42 Å². The molecule has 0 saturated carbocycles. The van der Waals surface area contributed by atoms with Crippen molar-refractivity contribution >= 4 is 17.2 Å². The summed E-state index contributed by atoms with van der Waals surface area (Å²) >= 11 is 1.78. The molecule has 0 amide bonds. The molecule has 1 aliphatic heterocycles. The van der Waals surface area contributed by atoms with E-state index in [1.165, 1.54) is 21.6 Å². The van der Waals surface area contributed by atoms with Crippen molar-refractivity contribution in [2.75, 3.05) is 11.9 Å². The van der Waals surface area contributed by atoms with E-state index in [0.717, 1.165) is 30.2 Å². The van der Waals surface area contributed by atoms with Crippen molar-refractivity contribution in [2.45, 2.75) is 20.3 Å². The first kappa shape index (κ1) is 12.7. The lowest BCUT2D eigenvalue weighted by Crippen LogP contribution is -2.04. The second-order valence-electron chi connectivity index (χ2n) is 5.59. The van der Waals surface area contributed by atoms with Crippen molar-refractivity contribution in [3.8, 4) is 16.3 Å². The molecule has 0 atom stereocenters. The summed E-state index contributed by atoms with van der Waals surface area (Å²) in [6, 6.07) is 10.7. The number of hydrogen-bond acceptors (Lipinski definition) is 3. The van der Waals surface area contributed by atoms with E-state index >= 15 is 0 Å². The molecular formula is C17H17N3S. The largest absolute Gasteiger partial charge is 0.369 e. The third kappa shape index (κ3) is 2.07. The van der Waals surface area contributed by atoms with Gasteiger partial charge in [-0.1, -0.05) is 12.1 Å². The van der Waals surface area contributed by atoms with Gasteiger partial charge in [0.2, 0.25) is 0 Å². The smallest absolute Gasteiger partial charge is 0.133 e. The predicted octanol–water partition coefficient (Wildman–Crippen LogP) is 4.19. The standard InChI is InChI=1S/C17H17N3S/c1-11-4-3-5-13(8-11)20-17-14(6-7-18-17)16(19-20)15-9-12(2)10-21-15/h3-5,8-10,18H,6-7H2,1-2H3. The van der Waals surface area contributed by atoms with Crippen LogP contribution in [0.15, 0.2) is 35.7 Å². The van der Waals surface area contributed by atoms with E-state index in [4.69, 9.17) is 5.10 Å². The van der Waals surface area contributed by atoms with Gasteiger partial charge in [-0.05, 0) is 55.0 Å². The maximum absolute atomic E-state index is 4.89. The van der Waals surface area contributed by atoms with E-state index in [1.807, 2.05) is 0 Å². The first-order chi connectivity index (χ1) is 10.2. The highest BCUT2D eigenvalue weighted by molar-refractivity contribution is 7.13. The second-order valence-corrected chi connectivity index (χ2v) is 6.50. The molecule has 1 aliphatic rings. The Morgan fingerprint density at radius 2 is 2.10 bits per heavy atom. The lowest BCUT2D eigenvalue weighted by atomic mass is 10.1. The minimum absolute atomic E-state index is 0.996. The molecule has 3 nitrogen and oxygen atoms in total. The Kier molecular flexibility index (Phi) is 2.86. The van der Waals surface area contributed by atoms with Gasteiger partial charge in [0.25, 0.3) is 0 Å². The van der Waals surface area contributed by atoms with E-state index in [-0.39, 0.29) is 0 Å². The summed E-state index contributed by atoms with van der Waals surface area (Å²) in [6.45, 7) is 5.25. The van der Waals surface area contributed by atoms with Gasteiger partial charge in [0, 0.05) is 12.1 Å². The molecule has 0 spiro atoms. The van der Waals surface area contributed by atoms with Crippen molar-refractivity contribution in [2.24, 2.45) is 0 Å². The molecule has 0 radical (unpaired) electrons. The fourth-order valence-corrected chi connectivity index (χ4v) is 3.79. The summed E-state index contributed by atoms with van der Waals surface area (Å²) in [6.07, 6.45) is 1.05. The van der Waals surface area contributed by atoms with Crippen LogP contribution < -0.4 is 5.32 Å². The number of hydrogen-bond donors (Lipinski definition) is 1.